The summed E-state index contributed by atoms with van der Waals surface area (Å²) in [5, 5.41) is 1.21. The first-order valence-electron chi connectivity index (χ1n) is 13.3. The lowest BCUT2D eigenvalue weighted by molar-refractivity contribution is -0.117. The third-order valence-electron chi connectivity index (χ3n) is 8.53. The molecule has 4 saturated carbocycles. The zero-order valence-corrected chi connectivity index (χ0v) is 21.7. The molecule has 1 unspecified atom stereocenters. The SMILES string of the molecule is CCCCN1C(=NC23CC4CC(CC(C4)C2)C3)SCC1N(C(C)=O)c1ccc(C(C)C)cc1. The van der Waals surface area contributed by atoms with Gasteiger partial charge in [0.25, 0.3) is 0 Å². The quantitative estimate of drug-likeness (QED) is 0.450. The number of nitrogens with zero attached hydrogens (tertiary/aromatic N) is 3. The van der Waals surface area contributed by atoms with Crippen LogP contribution in [0.2, 0.25) is 0 Å². The second kappa shape index (κ2) is 9.28. The van der Waals surface area contributed by atoms with Crippen LogP contribution in [0.1, 0.15) is 90.5 Å². The number of anilines is 1. The standard InChI is InChI=1S/C28H41N3OS/c1-5-6-11-30-26(31(20(4)32)25-9-7-24(8-10-25)19(2)3)18-33-27(30)29-28-15-21-12-22(16-28)14-23(13-21)17-28/h7-10,19,21-23,26H,5-6,11-18H2,1-4H3. The molecule has 1 heterocycles. The first kappa shape index (κ1) is 23.3. The van der Waals surface area contributed by atoms with Crippen molar-refractivity contribution >= 4 is 28.5 Å². The van der Waals surface area contributed by atoms with Crippen molar-refractivity contribution in [1.29, 1.82) is 0 Å². The molecule has 6 rings (SSSR count). The first-order valence-corrected chi connectivity index (χ1v) is 14.2. The lowest BCUT2D eigenvalue weighted by Gasteiger charge is -2.55. The van der Waals surface area contributed by atoms with Crippen LogP contribution >= 0.6 is 11.8 Å². The van der Waals surface area contributed by atoms with Crippen LogP contribution < -0.4 is 4.90 Å². The van der Waals surface area contributed by atoms with Crippen LogP contribution in [0.4, 0.5) is 5.69 Å². The van der Waals surface area contributed by atoms with Crippen molar-refractivity contribution in [3.63, 3.8) is 0 Å². The number of carbonyl (C=O) groups is 1. The zero-order chi connectivity index (χ0) is 23.2. The Hall–Kier alpha value is -1.49. The minimum atomic E-state index is 0.0524. The van der Waals surface area contributed by atoms with E-state index in [-0.39, 0.29) is 17.6 Å². The van der Waals surface area contributed by atoms with Gasteiger partial charge in [0, 0.05) is 24.9 Å². The topological polar surface area (TPSA) is 35.9 Å². The Labute approximate surface area is 204 Å². The van der Waals surface area contributed by atoms with Crippen molar-refractivity contribution in [2.45, 2.75) is 96.7 Å². The number of aliphatic imine (C=N–C) groups is 1. The number of unbranched alkanes of at least 4 members (excludes halogenated alkanes) is 1. The molecular weight excluding hydrogens is 426 g/mol. The third-order valence-corrected chi connectivity index (χ3v) is 9.58. The molecule has 4 bridgehead atoms. The molecule has 0 N–H and O–H groups in total. The average Bonchev–Trinajstić information content (AvgIpc) is 3.12. The normalized spacial score (nSPS) is 34.0. The van der Waals surface area contributed by atoms with Crippen LogP contribution in [0.25, 0.3) is 0 Å². The average molecular weight is 468 g/mol. The first-order chi connectivity index (χ1) is 15.9. The molecule has 1 aromatic carbocycles. The van der Waals surface area contributed by atoms with E-state index < -0.39 is 0 Å². The Morgan fingerprint density at radius 1 is 1.12 bits per heavy atom. The highest BCUT2D eigenvalue weighted by Crippen LogP contribution is 2.57. The van der Waals surface area contributed by atoms with E-state index in [0.717, 1.165) is 48.6 Å². The van der Waals surface area contributed by atoms with Gasteiger partial charge in [0.15, 0.2) is 5.17 Å². The largest absolute Gasteiger partial charge is 0.330 e. The Balaban J connectivity index is 1.43. The highest BCUT2D eigenvalue weighted by atomic mass is 32.2. The van der Waals surface area contributed by atoms with Crippen molar-refractivity contribution in [1.82, 2.24) is 4.90 Å². The van der Waals surface area contributed by atoms with Crippen LogP contribution in [0.15, 0.2) is 29.3 Å². The summed E-state index contributed by atoms with van der Waals surface area (Å²) in [6.07, 6.45) is 10.6. The zero-order valence-electron chi connectivity index (χ0n) is 20.9. The number of amidine groups is 1. The van der Waals surface area contributed by atoms with Crippen LogP contribution in [-0.4, -0.2) is 40.0 Å². The highest BCUT2D eigenvalue weighted by Gasteiger charge is 2.52. The summed E-state index contributed by atoms with van der Waals surface area (Å²) < 4.78 is 0. The Kier molecular flexibility index (Phi) is 6.54. The summed E-state index contributed by atoms with van der Waals surface area (Å²) in [4.78, 5) is 23.0. The fourth-order valence-electron chi connectivity index (χ4n) is 7.32. The molecule has 5 heteroatoms. The summed E-state index contributed by atoms with van der Waals surface area (Å²) in [6.45, 7) is 9.37. The van der Waals surface area contributed by atoms with Gasteiger partial charge in [0.2, 0.25) is 5.91 Å². The monoisotopic (exact) mass is 467 g/mol. The van der Waals surface area contributed by atoms with Gasteiger partial charge >= 0.3 is 0 Å². The van der Waals surface area contributed by atoms with Gasteiger partial charge in [-0.1, -0.05) is 51.1 Å². The van der Waals surface area contributed by atoms with E-state index in [0.29, 0.717) is 5.92 Å². The van der Waals surface area contributed by atoms with Gasteiger partial charge in [-0.25, -0.2) is 0 Å². The molecule has 5 aliphatic rings. The van der Waals surface area contributed by atoms with Crippen molar-refractivity contribution in [3.05, 3.63) is 29.8 Å². The third kappa shape index (κ3) is 4.59. The molecule has 1 amide bonds. The van der Waals surface area contributed by atoms with E-state index in [1.807, 2.05) is 16.7 Å². The van der Waals surface area contributed by atoms with Gasteiger partial charge in [0.1, 0.15) is 6.17 Å². The van der Waals surface area contributed by atoms with Crippen LogP contribution in [0.5, 0.6) is 0 Å². The number of hydrogen-bond acceptors (Lipinski definition) is 3. The van der Waals surface area contributed by atoms with E-state index in [1.54, 1.807) is 6.92 Å². The minimum absolute atomic E-state index is 0.0524. The Bertz CT molecular complexity index is 858. The molecule has 33 heavy (non-hydrogen) atoms. The van der Waals surface area contributed by atoms with E-state index in [9.17, 15) is 4.79 Å². The minimum Gasteiger partial charge on any atom is -0.330 e. The summed E-state index contributed by atoms with van der Waals surface area (Å²) in [7, 11) is 0. The van der Waals surface area contributed by atoms with Gasteiger partial charge < -0.3 is 4.90 Å². The predicted molar refractivity (Wildman–Crippen MR) is 140 cm³/mol. The van der Waals surface area contributed by atoms with Crippen LogP contribution in [-0.2, 0) is 4.79 Å². The molecule has 5 fully saturated rings. The highest BCUT2D eigenvalue weighted by molar-refractivity contribution is 8.14. The van der Waals surface area contributed by atoms with Crippen molar-refractivity contribution in [3.8, 4) is 0 Å². The molecule has 1 atom stereocenters. The van der Waals surface area contributed by atoms with E-state index in [4.69, 9.17) is 4.99 Å². The molecule has 180 valence electrons. The van der Waals surface area contributed by atoms with E-state index in [1.165, 1.54) is 49.3 Å². The summed E-state index contributed by atoms with van der Waals surface area (Å²) in [5.74, 6) is 4.23. The van der Waals surface area contributed by atoms with Crippen LogP contribution in [0.3, 0.4) is 0 Å². The predicted octanol–water partition coefficient (Wildman–Crippen LogP) is 6.66. The molecule has 4 aliphatic carbocycles. The summed E-state index contributed by atoms with van der Waals surface area (Å²) in [6, 6.07) is 8.62. The maximum atomic E-state index is 12.9. The van der Waals surface area contributed by atoms with Gasteiger partial charge in [0.05, 0.1) is 5.54 Å². The maximum Gasteiger partial charge on any atom is 0.225 e. The second-order valence-electron chi connectivity index (χ2n) is 11.5. The smallest absolute Gasteiger partial charge is 0.225 e. The second-order valence-corrected chi connectivity index (χ2v) is 12.5. The molecule has 0 spiro atoms. The summed E-state index contributed by atoms with van der Waals surface area (Å²) >= 11 is 1.89. The lowest BCUT2D eigenvalue weighted by atomic mass is 9.53. The molecule has 1 aliphatic heterocycles. The number of carbonyl (C=O) groups excluding carboxylic acids is 1. The van der Waals surface area contributed by atoms with Gasteiger partial charge in [-0.05, 0) is 86.3 Å². The number of rotatable bonds is 7. The Morgan fingerprint density at radius 3 is 2.24 bits per heavy atom. The molecule has 0 radical (unpaired) electrons. The summed E-state index contributed by atoms with van der Waals surface area (Å²) in [5.41, 5.74) is 2.50. The van der Waals surface area contributed by atoms with Crippen LogP contribution in [0, 0.1) is 17.8 Å². The van der Waals surface area contributed by atoms with E-state index >= 15 is 0 Å². The van der Waals surface area contributed by atoms with Crippen molar-refractivity contribution in [2.75, 3.05) is 17.2 Å². The number of hydrogen-bond donors (Lipinski definition) is 0. The molecular formula is C28H41N3OS. The maximum absolute atomic E-state index is 12.9. The number of benzene rings is 1. The fourth-order valence-corrected chi connectivity index (χ4v) is 8.59. The lowest BCUT2D eigenvalue weighted by Crippen LogP contribution is -2.52. The Morgan fingerprint density at radius 2 is 1.73 bits per heavy atom. The van der Waals surface area contributed by atoms with E-state index in [2.05, 4.69) is 49.9 Å². The van der Waals surface area contributed by atoms with Crippen molar-refractivity contribution in [2.24, 2.45) is 22.7 Å². The fraction of sp³-hybridized carbons (Fsp3) is 0.714. The molecule has 4 nitrogen and oxygen atoms in total. The van der Waals surface area contributed by atoms with Gasteiger partial charge in [-0.2, -0.15) is 0 Å². The molecule has 0 aromatic heterocycles. The van der Waals surface area contributed by atoms with Gasteiger partial charge in [-0.15, -0.1) is 0 Å². The van der Waals surface area contributed by atoms with Gasteiger partial charge in [-0.3, -0.25) is 14.7 Å². The molecule has 1 saturated heterocycles. The van der Waals surface area contributed by atoms with Crippen molar-refractivity contribution < 1.29 is 4.79 Å². The number of thioether (sulfide) groups is 1. The number of amides is 1. The molecule has 1 aromatic rings.